The number of carbonyl (C=O) groups is 1. The van der Waals surface area contributed by atoms with Crippen LogP contribution in [0.5, 0.6) is 0 Å². The van der Waals surface area contributed by atoms with Gasteiger partial charge < -0.3 is 14.9 Å². The van der Waals surface area contributed by atoms with Crippen LogP contribution in [0.15, 0.2) is 88.3 Å². The first-order chi connectivity index (χ1) is 20.1. The lowest BCUT2D eigenvalue weighted by molar-refractivity contribution is 0.0492. The van der Waals surface area contributed by atoms with Gasteiger partial charge in [-0.1, -0.05) is 72.4 Å². The highest BCUT2D eigenvalue weighted by atomic mass is 127. The molecule has 0 saturated carbocycles. The molecule has 0 bridgehead atoms. The van der Waals surface area contributed by atoms with E-state index in [1.165, 1.54) is 11.1 Å². The molecule has 3 unspecified atom stereocenters. The molecule has 0 saturated heterocycles. The summed E-state index contributed by atoms with van der Waals surface area (Å²) in [6.07, 6.45) is 13.2. The van der Waals surface area contributed by atoms with Crippen molar-refractivity contribution in [3.8, 4) is 0 Å². The summed E-state index contributed by atoms with van der Waals surface area (Å²) in [7, 11) is 0. The molecular formula is C37H45IN2O3. The molecule has 2 aliphatic carbocycles. The zero-order valence-electron chi connectivity index (χ0n) is 26.8. The van der Waals surface area contributed by atoms with Crippen molar-refractivity contribution in [3.63, 3.8) is 0 Å². The van der Waals surface area contributed by atoms with E-state index in [4.69, 9.17) is 14.9 Å². The van der Waals surface area contributed by atoms with Crippen LogP contribution in [0.2, 0.25) is 0 Å². The Kier molecular flexibility index (Phi) is 8.60. The number of hydrogen-bond donors (Lipinski definition) is 2. The third kappa shape index (κ3) is 6.41. The minimum Gasteiger partial charge on any atom is -0.489 e. The minimum absolute atomic E-state index is 0.0585. The summed E-state index contributed by atoms with van der Waals surface area (Å²) in [5.74, 6) is 0.316. The van der Waals surface area contributed by atoms with E-state index in [2.05, 4.69) is 108 Å². The monoisotopic (exact) mass is 692 g/mol. The van der Waals surface area contributed by atoms with Gasteiger partial charge >= 0.3 is 5.97 Å². The number of carbonyl (C=O) groups excluding carboxylic acids is 1. The van der Waals surface area contributed by atoms with Crippen LogP contribution >= 0.6 is 22.6 Å². The second-order valence-electron chi connectivity index (χ2n) is 13.7. The van der Waals surface area contributed by atoms with E-state index in [9.17, 15) is 4.79 Å². The van der Waals surface area contributed by atoms with Crippen LogP contribution in [0.1, 0.15) is 90.6 Å². The number of esters is 1. The maximum absolute atomic E-state index is 13.5. The molecule has 5 nitrogen and oxygen atoms in total. The molecule has 0 amide bonds. The SMILES string of the molecule is CCCCOC(=O)c1ccccc1C1=C2C=C(/C(C)=C\C(C)(C)I)C(=N)C=C2OC2CC3(C)NC(C)(C)C=C(C)C3=CC12. The second-order valence-corrected chi connectivity index (χ2v) is 16.5. The number of rotatable bonds is 7. The largest absolute Gasteiger partial charge is 0.489 e. The van der Waals surface area contributed by atoms with Crippen molar-refractivity contribution in [1.29, 1.82) is 5.41 Å². The quantitative estimate of drug-likeness (QED) is 0.130. The summed E-state index contributed by atoms with van der Waals surface area (Å²) >= 11 is 2.42. The molecular weight excluding hydrogens is 647 g/mol. The van der Waals surface area contributed by atoms with E-state index in [0.717, 1.165) is 47.1 Å². The van der Waals surface area contributed by atoms with Crippen molar-refractivity contribution in [1.82, 2.24) is 5.32 Å². The van der Waals surface area contributed by atoms with Crippen LogP contribution < -0.4 is 5.32 Å². The summed E-state index contributed by atoms with van der Waals surface area (Å²) in [5.41, 5.74) is 7.93. The second kappa shape index (κ2) is 11.7. The molecule has 43 heavy (non-hydrogen) atoms. The van der Waals surface area contributed by atoms with Crippen molar-refractivity contribution < 1.29 is 14.3 Å². The average Bonchev–Trinajstić information content (AvgIpc) is 2.88. The number of allylic oxidation sites excluding steroid dienone is 5. The molecule has 0 aromatic heterocycles. The Balaban J connectivity index is 1.76. The van der Waals surface area contributed by atoms with Crippen LogP contribution in [0, 0.1) is 11.3 Å². The summed E-state index contributed by atoms with van der Waals surface area (Å²) < 4.78 is 12.5. The van der Waals surface area contributed by atoms with Gasteiger partial charge in [0, 0.05) is 44.1 Å². The maximum atomic E-state index is 13.5. The number of halogens is 1. The molecule has 1 aromatic carbocycles. The molecule has 0 fully saturated rings. The lowest BCUT2D eigenvalue weighted by atomic mass is 9.65. The Morgan fingerprint density at radius 1 is 1.23 bits per heavy atom. The third-order valence-corrected chi connectivity index (χ3v) is 9.04. The summed E-state index contributed by atoms with van der Waals surface area (Å²) in [6.45, 7) is 17.8. The number of alkyl halides is 1. The predicted octanol–water partition coefficient (Wildman–Crippen LogP) is 8.83. The lowest BCUT2D eigenvalue weighted by Crippen LogP contribution is -2.60. The Hall–Kier alpha value is -2.71. The Labute approximate surface area is 270 Å². The molecule has 228 valence electrons. The van der Waals surface area contributed by atoms with Gasteiger partial charge in [-0.3, -0.25) is 5.32 Å². The van der Waals surface area contributed by atoms with Gasteiger partial charge in [-0.2, -0.15) is 0 Å². The molecule has 5 rings (SSSR count). The number of ether oxygens (including phenoxy) is 2. The number of nitrogens with one attached hydrogen (secondary N) is 2. The highest BCUT2D eigenvalue weighted by molar-refractivity contribution is 14.1. The van der Waals surface area contributed by atoms with Crippen molar-refractivity contribution in [2.45, 2.75) is 95.3 Å². The highest BCUT2D eigenvalue weighted by Crippen LogP contribution is 2.51. The number of unbranched alkanes of at least 4 members (excludes halogenated alkanes) is 1. The van der Waals surface area contributed by atoms with Gasteiger partial charge in [0.2, 0.25) is 0 Å². The van der Waals surface area contributed by atoms with E-state index >= 15 is 0 Å². The Morgan fingerprint density at radius 2 is 1.95 bits per heavy atom. The van der Waals surface area contributed by atoms with Crippen LogP contribution in [0.3, 0.4) is 0 Å². The van der Waals surface area contributed by atoms with E-state index in [0.29, 0.717) is 23.6 Å². The normalized spacial score (nSPS) is 26.6. The first-order valence-electron chi connectivity index (χ1n) is 15.4. The average molecular weight is 693 g/mol. The third-order valence-electron chi connectivity index (χ3n) is 8.73. The van der Waals surface area contributed by atoms with Gasteiger partial charge in [-0.25, -0.2) is 4.79 Å². The van der Waals surface area contributed by atoms with Gasteiger partial charge in [-0.05, 0) is 94.9 Å². The summed E-state index contributed by atoms with van der Waals surface area (Å²) in [6, 6.07) is 7.82. The fourth-order valence-corrected chi connectivity index (χ4v) is 7.77. The smallest absolute Gasteiger partial charge is 0.338 e. The zero-order chi connectivity index (χ0) is 31.3. The van der Waals surface area contributed by atoms with Crippen molar-refractivity contribution >= 4 is 39.8 Å². The Morgan fingerprint density at radius 3 is 2.65 bits per heavy atom. The molecule has 2 heterocycles. The molecule has 1 aromatic rings. The molecule has 3 atom stereocenters. The molecule has 0 radical (unpaired) electrons. The highest BCUT2D eigenvalue weighted by Gasteiger charge is 2.49. The topological polar surface area (TPSA) is 71.4 Å². The number of fused-ring (bicyclic) bond motifs is 3. The van der Waals surface area contributed by atoms with Gasteiger partial charge in [-0.15, -0.1) is 0 Å². The van der Waals surface area contributed by atoms with Gasteiger partial charge in [0.15, 0.2) is 0 Å². The first kappa shape index (κ1) is 31.7. The van der Waals surface area contributed by atoms with Gasteiger partial charge in [0.05, 0.1) is 17.9 Å². The molecule has 2 aliphatic heterocycles. The summed E-state index contributed by atoms with van der Waals surface area (Å²) in [5, 5.41) is 12.9. The van der Waals surface area contributed by atoms with Crippen LogP contribution in [0.4, 0.5) is 0 Å². The first-order valence-corrected chi connectivity index (χ1v) is 16.5. The standard InChI is InChI=1S/C37H45IN2O3/c1-9-10-15-42-34(41)25-14-12-11-13-24(25)33-27-16-26(22(2)19-35(4,5)38)30(39)18-31(27)43-32-21-37(8)29(17-28(32)33)23(3)20-36(6,7)40-37/h11-14,16-20,28,32,39-40H,9-10,15,21H2,1-8H3/b22-19-,39-30?. The number of benzene rings is 1. The fraction of sp³-hybridized carbons (Fsp3) is 0.459. The molecule has 4 aliphatic rings. The fourth-order valence-electron chi connectivity index (χ4n) is 7.30. The van der Waals surface area contributed by atoms with Crippen LogP contribution in [0.25, 0.3) is 5.57 Å². The van der Waals surface area contributed by atoms with E-state index in [-0.39, 0.29) is 32.5 Å². The molecule has 0 spiro atoms. The van der Waals surface area contributed by atoms with Gasteiger partial charge in [0.25, 0.3) is 0 Å². The van der Waals surface area contributed by atoms with Crippen molar-refractivity contribution in [2.75, 3.05) is 6.61 Å². The van der Waals surface area contributed by atoms with Crippen LogP contribution in [-0.4, -0.2) is 38.9 Å². The van der Waals surface area contributed by atoms with Crippen LogP contribution in [-0.2, 0) is 9.47 Å². The van der Waals surface area contributed by atoms with E-state index in [1.807, 2.05) is 30.3 Å². The molecule has 6 heteroatoms. The molecule has 2 N–H and O–H groups in total. The Bertz CT molecular complexity index is 1550. The maximum Gasteiger partial charge on any atom is 0.338 e. The predicted molar refractivity (Wildman–Crippen MR) is 185 cm³/mol. The van der Waals surface area contributed by atoms with E-state index < -0.39 is 0 Å². The lowest BCUT2D eigenvalue weighted by Gasteiger charge is -2.52. The zero-order valence-corrected chi connectivity index (χ0v) is 28.9. The van der Waals surface area contributed by atoms with Crippen molar-refractivity contribution in [2.24, 2.45) is 5.92 Å². The number of hydrogen-bond acceptors (Lipinski definition) is 5. The van der Waals surface area contributed by atoms with Gasteiger partial charge in [0.1, 0.15) is 11.9 Å². The van der Waals surface area contributed by atoms with E-state index in [1.54, 1.807) is 0 Å². The summed E-state index contributed by atoms with van der Waals surface area (Å²) in [4.78, 5) is 13.5. The van der Waals surface area contributed by atoms with Crippen molar-refractivity contribution in [3.05, 3.63) is 99.4 Å². The minimum atomic E-state index is -0.299.